The van der Waals surface area contributed by atoms with Gasteiger partial charge in [-0.3, -0.25) is 4.79 Å². The van der Waals surface area contributed by atoms with Crippen molar-refractivity contribution in [3.05, 3.63) is 23.8 Å². The molecule has 22 heavy (non-hydrogen) atoms. The first kappa shape index (κ1) is 14.2. The molecule has 0 aromatic heterocycles. The minimum atomic E-state index is -1.21. The van der Waals surface area contributed by atoms with Crippen molar-refractivity contribution in [2.24, 2.45) is 0 Å². The maximum absolute atomic E-state index is 12.5. The highest BCUT2D eigenvalue weighted by atomic mass is 16.5. The second-order valence-corrected chi connectivity index (χ2v) is 5.32. The third-order valence-corrected chi connectivity index (χ3v) is 3.83. The second kappa shape index (κ2) is 5.22. The van der Waals surface area contributed by atoms with Gasteiger partial charge in [-0.1, -0.05) is 6.07 Å². The molecule has 1 N–H and O–H groups in total. The number of nitriles is 1. The summed E-state index contributed by atoms with van der Waals surface area (Å²) in [5.74, 6) is 0.723. The van der Waals surface area contributed by atoms with Gasteiger partial charge in [0.1, 0.15) is 12.1 Å². The number of carbonyl (C=O) groups excluding carboxylic acids is 2. The van der Waals surface area contributed by atoms with Crippen molar-refractivity contribution >= 4 is 11.9 Å². The quantitative estimate of drug-likeness (QED) is 0.653. The van der Waals surface area contributed by atoms with Gasteiger partial charge in [0.15, 0.2) is 11.5 Å². The Morgan fingerprint density at radius 2 is 2.05 bits per heavy atom. The molecule has 3 rings (SSSR count). The fourth-order valence-corrected chi connectivity index (χ4v) is 2.58. The number of benzene rings is 1. The number of nitrogens with one attached hydrogen (secondary N) is 1. The van der Waals surface area contributed by atoms with Crippen molar-refractivity contribution in [3.8, 4) is 17.6 Å². The van der Waals surface area contributed by atoms with Gasteiger partial charge in [0, 0.05) is 6.42 Å². The normalized spacial score (nSPS) is 23.7. The Morgan fingerprint density at radius 3 is 2.77 bits per heavy atom. The number of carbonyl (C=O) groups is 2. The fraction of sp³-hybridized carbons (Fsp3) is 0.400. The van der Waals surface area contributed by atoms with Crippen LogP contribution in [-0.2, 0) is 10.3 Å². The third kappa shape index (κ3) is 2.13. The summed E-state index contributed by atoms with van der Waals surface area (Å²) in [6, 6.07) is 6.41. The van der Waals surface area contributed by atoms with Gasteiger partial charge in [-0.25, -0.2) is 9.69 Å². The van der Waals surface area contributed by atoms with Crippen molar-refractivity contribution in [1.29, 1.82) is 5.26 Å². The second-order valence-electron chi connectivity index (χ2n) is 5.32. The predicted octanol–water partition coefficient (Wildman–Crippen LogP) is 1.14. The fourth-order valence-electron chi connectivity index (χ4n) is 2.58. The molecule has 1 atom stereocenters. The number of amides is 3. The summed E-state index contributed by atoms with van der Waals surface area (Å²) in [6.07, 6.45) is 0.785. The number of hydrogen-bond acceptors (Lipinski definition) is 5. The average molecular weight is 301 g/mol. The molecule has 7 nitrogen and oxygen atoms in total. The molecule has 1 saturated heterocycles. The SMILES string of the molecule is C[C@]1(c2ccc3c(c2)OCCCO3)NC(=O)N(CC#N)C1=O. The van der Waals surface area contributed by atoms with Crippen molar-refractivity contribution in [1.82, 2.24) is 10.2 Å². The van der Waals surface area contributed by atoms with E-state index in [1.54, 1.807) is 25.1 Å². The molecule has 0 bridgehead atoms. The molecular weight excluding hydrogens is 286 g/mol. The lowest BCUT2D eigenvalue weighted by atomic mass is 9.91. The number of nitrogens with zero attached hydrogens (tertiary/aromatic N) is 2. The molecule has 0 saturated carbocycles. The van der Waals surface area contributed by atoms with Crippen LogP contribution in [0.4, 0.5) is 4.79 Å². The van der Waals surface area contributed by atoms with Crippen molar-refractivity contribution in [2.45, 2.75) is 18.9 Å². The average Bonchev–Trinajstić information content (AvgIpc) is 2.70. The standard InChI is InChI=1S/C15H15N3O4/c1-15(13(19)18(6-5-16)14(20)17-15)10-3-4-11-12(9-10)22-8-2-7-21-11/h3-4,9H,2,6-8H2,1H3,(H,17,20)/t15-/m1/s1. The number of ether oxygens (including phenoxy) is 2. The first-order valence-electron chi connectivity index (χ1n) is 6.97. The van der Waals surface area contributed by atoms with E-state index in [1.165, 1.54) is 0 Å². The lowest BCUT2D eigenvalue weighted by Crippen LogP contribution is -2.40. The number of imide groups is 1. The minimum absolute atomic E-state index is 0.273. The molecule has 1 aromatic rings. The van der Waals surface area contributed by atoms with Crippen molar-refractivity contribution in [3.63, 3.8) is 0 Å². The zero-order valence-corrected chi connectivity index (χ0v) is 12.1. The van der Waals surface area contributed by atoms with Crippen LogP contribution in [0.3, 0.4) is 0 Å². The first-order valence-corrected chi connectivity index (χ1v) is 6.97. The van der Waals surface area contributed by atoms with E-state index in [-0.39, 0.29) is 6.54 Å². The Balaban J connectivity index is 1.97. The highest BCUT2D eigenvalue weighted by Gasteiger charge is 2.49. The van der Waals surface area contributed by atoms with Crippen LogP contribution < -0.4 is 14.8 Å². The molecule has 1 aromatic carbocycles. The Kier molecular flexibility index (Phi) is 3.37. The Hall–Kier alpha value is -2.75. The van der Waals surface area contributed by atoms with Crippen LogP contribution in [0.5, 0.6) is 11.5 Å². The first-order chi connectivity index (χ1) is 10.6. The topological polar surface area (TPSA) is 91.7 Å². The van der Waals surface area contributed by atoms with Crippen LogP contribution in [0.15, 0.2) is 18.2 Å². The van der Waals surface area contributed by atoms with Gasteiger partial charge in [-0.15, -0.1) is 0 Å². The molecule has 0 aliphatic carbocycles. The molecule has 0 unspecified atom stereocenters. The number of urea groups is 1. The van der Waals surface area contributed by atoms with Gasteiger partial charge in [-0.2, -0.15) is 5.26 Å². The van der Waals surface area contributed by atoms with E-state index in [0.717, 1.165) is 11.3 Å². The Bertz CT molecular complexity index is 682. The molecule has 2 aliphatic rings. The molecule has 7 heteroatoms. The zero-order valence-electron chi connectivity index (χ0n) is 12.1. The molecular formula is C15H15N3O4. The third-order valence-electron chi connectivity index (χ3n) is 3.83. The highest BCUT2D eigenvalue weighted by Crippen LogP contribution is 2.36. The summed E-state index contributed by atoms with van der Waals surface area (Å²) in [6.45, 7) is 2.46. The number of rotatable bonds is 2. The van der Waals surface area contributed by atoms with E-state index in [9.17, 15) is 9.59 Å². The van der Waals surface area contributed by atoms with Crippen molar-refractivity contribution < 1.29 is 19.1 Å². The van der Waals surface area contributed by atoms with Gasteiger partial charge < -0.3 is 14.8 Å². The summed E-state index contributed by atoms with van der Waals surface area (Å²) in [5.41, 5.74) is -0.617. The maximum Gasteiger partial charge on any atom is 0.326 e. The lowest BCUT2D eigenvalue weighted by Gasteiger charge is -2.23. The Labute approximate surface area is 127 Å². The van der Waals surface area contributed by atoms with E-state index in [2.05, 4.69) is 5.32 Å². The van der Waals surface area contributed by atoms with Crippen molar-refractivity contribution in [2.75, 3.05) is 19.8 Å². The van der Waals surface area contributed by atoms with Gasteiger partial charge >= 0.3 is 6.03 Å². The monoisotopic (exact) mass is 301 g/mol. The van der Waals surface area contributed by atoms with E-state index in [0.29, 0.717) is 30.3 Å². The molecule has 1 fully saturated rings. The van der Waals surface area contributed by atoms with E-state index < -0.39 is 17.5 Å². The van der Waals surface area contributed by atoms with Crippen LogP contribution >= 0.6 is 0 Å². The molecule has 0 radical (unpaired) electrons. The van der Waals surface area contributed by atoms with Gasteiger partial charge in [0.2, 0.25) is 0 Å². The zero-order chi connectivity index (χ0) is 15.7. The predicted molar refractivity (Wildman–Crippen MR) is 75.3 cm³/mol. The van der Waals surface area contributed by atoms with Crippen LogP contribution in [0.1, 0.15) is 18.9 Å². The van der Waals surface area contributed by atoms with Crippen LogP contribution in [0, 0.1) is 11.3 Å². The highest BCUT2D eigenvalue weighted by molar-refractivity contribution is 6.07. The summed E-state index contributed by atoms with van der Waals surface area (Å²) in [7, 11) is 0. The summed E-state index contributed by atoms with van der Waals surface area (Å²) >= 11 is 0. The molecule has 2 aliphatic heterocycles. The van der Waals surface area contributed by atoms with Crippen LogP contribution in [-0.4, -0.2) is 36.6 Å². The number of hydrogen-bond donors (Lipinski definition) is 1. The summed E-state index contributed by atoms with van der Waals surface area (Å²) < 4.78 is 11.2. The van der Waals surface area contributed by atoms with E-state index >= 15 is 0 Å². The molecule has 114 valence electrons. The van der Waals surface area contributed by atoms with Gasteiger partial charge in [-0.05, 0) is 24.6 Å². The van der Waals surface area contributed by atoms with Crippen LogP contribution in [0.25, 0.3) is 0 Å². The van der Waals surface area contributed by atoms with Gasteiger partial charge in [0.05, 0.1) is 19.3 Å². The largest absolute Gasteiger partial charge is 0.490 e. The minimum Gasteiger partial charge on any atom is -0.490 e. The van der Waals surface area contributed by atoms with E-state index in [1.807, 2.05) is 6.07 Å². The van der Waals surface area contributed by atoms with Gasteiger partial charge in [0.25, 0.3) is 5.91 Å². The number of fused-ring (bicyclic) bond motifs is 1. The smallest absolute Gasteiger partial charge is 0.326 e. The van der Waals surface area contributed by atoms with Crippen LogP contribution in [0.2, 0.25) is 0 Å². The summed E-state index contributed by atoms with van der Waals surface area (Å²) in [5, 5.41) is 11.4. The Morgan fingerprint density at radius 1 is 1.32 bits per heavy atom. The van der Waals surface area contributed by atoms with E-state index in [4.69, 9.17) is 14.7 Å². The summed E-state index contributed by atoms with van der Waals surface area (Å²) in [4.78, 5) is 25.3. The lowest BCUT2D eigenvalue weighted by molar-refractivity contribution is -0.130. The molecule has 0 spiro atoms. The molecule has 3 amide bonds. The maximum atomic E-state index is 12.5. The molecule has 2 heterocycles.